The maximum Gasteiger partial charge on any atom is 0.242 e. The minimum atomic E-state index is -3.55. The highest BCUT2D eigenvalue weighted by molar-refractivity contribution is 9.10. The summed E-state index contributed by atoms with van der Waals surface area (Å²) in [5.74, 6) is 0. The van der Waals surface area contributed by atoms with Gasteiger partial charge < -0.3 is 5.32 Å². The maximum absolute atomic E-state index is 12.4. The number of hydrogen-bond acceptors (Lipinski definition) is 3. The molecule has 0 bridgehead atoms. The lowest BCUT2D eigenvalue weighted by Crippen LogP contribution is -2.24. The van der Waals surface area contributed by atoms with Crippen LogP contribution < -0.4 is 10.0 Å². The second-order valence-electron chi connectivity index (χ2n) is 4.48. The van der Waals surface area contributed by atoms with Crippen LogP contribution in [-0.4, -0.2) is 15.0 Å². The molecule has 0 radical (unpaired) electrons. The van der Waals surface area contributed by atoms with Gasteiger partial charge in [-0.15, -0.1) is 0 Å². The van der Waals surface area contributed by atoms with Crippen LogP contribution in [0.5, 0.6) is 0 Å². The van der Waals surface area contributed by atoms with Crippen molar-refractivity contribution in [2.75, 3.05) is 11.9 Å². The summed E-state index contributed by atoms with van der Waals surface area (Å²) in [6.07, 6.45) is 0. The molecule has 0 aliphatic heterocycles. The largest absolute Gasteiger partial charge is 0.384 e. The highest BCUT2D eigenvalue weighted by Crippen LogP contribution is 2.20. The Morgan fingerprint density at radius 1 is 1.05 bits per heavy atom. The van der Waals surface area contributed by atoms with Crippen molar-refractivity contribution in [3.63, 3.8) is 0 Å². The van der Waals surface area contributed by atoms with Crippen molar-refractivity contribution in [1.82, 2.24) is 4.72 Å². The third-order valence-electron chi connectivity index (χ3n) is 2.92. The molecule has 0 saturated heterocycles. The normalized spacial score (nSPS) is 11.3. The van der Waals surface area contributed by atoms with Gasteiger partial charge in [0.15, 0.2) is 0 Å². The van der Waals surface area contributed by atoms with E-state index in [1.807, 2.05) is 37.3 Å². The monoisotopic (exact) mass is 368 g/mol. The third kappa shape index (κ3) is 4.30. The van der Waals surface area contributed by atoms with Crippen LogP contribution in [0, 0.1) is 0 Å². The van der Waals surface area contributed by atoms with Crippen molar-refractivity contribution in [2.24, 2.45) is 0 Å². The van der Waals surface area contributed by atoms with Crippen molar-refractivity contribution in [3.8, 4) is 0 Å². The number of para-hydroxylation sites is 1. The van der Waals surface area contributed by atoms with Crippen LogP contribution in [-0.2, 0) is 16.6 Å². The Hall–Kier alpha value is -1.37. The third-order valence-corrected chi connectivity index (χ3v) is 4.91. The zero-order valence-corrected chi connectivity index (χ0v) is 14.0. The van der Waals surface area contributed by atoms with Crippen LogP contribution in [0.4, 0.5) is 5.69 Å². The van der Waals surface area contributed by atoms with Gasteiger partial charge in [-0.2, -0.15) is 0 Å². The Balaban J connectivity index is 2.17. The Kier molecular flexibility index (Phi) is 5.39. The summed E-state index contributed by atoms with van der Waals surface area (Å²) in [5.41, 5.74) is 1.52. The molecule has 6 heteroatoms. The fourth-order valence-corrected chi connectivity index (χ4v) is 3.36. The number of benzene rings is 2. The van der Waals surface area contributed by atoms with Gasteiger partial charge in [0.2, 0.25) is 10.0 Å². The summed E-state index contributed by atoms with van der Waals surface area (Å²) in [5, 5.41) is 3.06. The van der Waals surface area contributed by atoms with Crippen LogP contribution in [0.1, 0.15) is 12.5 Å². The molecule has 0 fully saturated rings. The summed E-state index contributed by atoms with van der Waals surface area (Å²) in [4.78, 5) is 0.268. The molecule has 2 rings (SSSR count). The van der Waals surface area contributed by atoms with Crippen molar-refractivity contribution in [2.45, 2.75) is 18.4 Å². The second-order valence-corrected chi connectivity index (χ2v) is 7.13. The zero-order chi connectivity index (χ0) is 15.3. The lowest BCUT2D eigenvalue weighted by molar-refractivity contribution is 0.581. The lowest BCUT2D eigenvalue weighted by Gasteiger charge is -2.12. The van der Waals surface area contributed by atoms with Gasteiger partial charge in [0.25, 0.3) is 0 Å². The molecule has 112 valence electrons. The van der Waals surface area contributed by atoms with Gasteiger partial charge in [-0.25, -0.2) is 13.1 Å². The molecule has 0 aliphatic rings. The predicted molar refractivity (Wildman–Crippen MR) is 88.8 cm³/mol. The molecule has 2 aromatic carbocycles. The molecule has 0 saturated carbocycles. The van der Waals surface area contributed by atoms with Crippen molar-refractivity contribution < 1.29 is 8.42 Å². The molecule has 0 atom stereocenters. The predicted octanol–water partition coefficient (Wildman–Crippen LogP) is 3.36. The Morgan fingerprint density at radius 3 is 2.38 bits per heavy atom. The molecule has 4 nitrogen and oxygen atoms in total. The van der Waals surface area contributed by atoms with Gasteiger partial charge in [-0.1, -0.05) is 40.2 Å². The average molecular weight is 369 g/mol. The van der Waals surface area contributed by atoms with Gasteiger partial charge in [0.1, 0.15) is 4.90 Å². The van der Waals surface area contributed by atoms with Crippen molar-refractivity contribution in [1.29, 1.82) is 0 Å². The van der Waals surface area contributed by atoms with Gasteiger partial charge in [0.05, 0.1) is 5.69 Å². The number of sulfonamides is 1. The zero-order valence-electron chi connectivity index (χ0n) is 11.6. The van der Waals surface area contributed by atoms with Crippen LogP contribution in [0.2, 0.25) is 0 Å². The first-order valence-corrected chi connectivity index (χ1v) is 8.87. The van der Waals surface area contributed by atoms with E-state index in [4.69, 9.17) is 0 Å². The van der Waals surface area contributed by atoms with Crippen molar-refractivity contribution >= 4 is 31.6 Å². The van der Waals surface area contributed by atoms with Crippen molar-refractivity contribution in [3.05, 3.63) is 58.6 Å². The number of hydrogen-bond donors (Lipinski definition) is 2. The number of rotatable bonds is 6. The Morgan fingerprint density at radius 2 is 1.71 bits per heavy atom. The standard InChI is InChI=1S/C15H17BrN2O2S/c1-2-17-14-5-3-4-6-15(14)21(19,20)18-11-12-7-9-13(16)10-8-12/h3-10,17-18H,2,11H2,1H3. The SMILES string of the molecule is CCNc1ccccc1S(=O)(=O)NCc1ccc(Br)cc1. The number of nitrogens with one attached hydrogen (secondary N) is 2. The number of anilines is 1. The molecule has 2 aromatic rings. The average Bonchev–Trinajstić information content (AvgIpc) is 2.47. The maximum atomic E-state index is 12.4. The minimum absolute atomic E-state index is 0.260. The molecule has 0 spiro atoms. The van der Waals surface area contributed by atoms with Gasteiger partial charge >= 0.3 is 0 Å². The molecule has 0 unspecified atom stereocenters. The van der Waals surface area contributed by atoms with Gasteiger partial charge in [0, 0.05) is 17.6 Å². The summed E-state index contributed by atoms with van der Waals surface area (Å²) in [6, 6.07) is 14.4. The molecule has 0 aliphatic carbocycles. The molecule has 0 heterocycles. The molecule has 0 amide bonds. The molecular weight excluding hydrogens is 352 g/mol. The van der Waals surface area contributed by atoms with E-state index < -0.39 is 10.0 Å². The highest BCUT2D eigenvalue weighted by atomic mass is 79.9. The van der Waals surface area contributed by atoms with Gasteiger partial charge in [-0.3, -0.25) is 0 Å². The van der Waals surface area contributed by atoms with Crippen LogP contribution >= 0.6 is 15.9 Å². The molecule has 21 heavy (non-hydrogen) atoms. The van der Waals surface area contributed by atoms with Crippen LogP contribution in [0.15, 0.2) is 57.9 Å². The molecular formula is C15H17BrN2O2S. The lowest BCUT2D eigenvalue weighted by atomic mass is 10.2. The quantitative estimate of drug-likeness (QED) is 0.821. The first-order valence-electron chi connectivity index (χ1n) is 6.60. The highest BCUT2D eigenvalue weighted by Gasteiger charge is 2.17. The van der Waals surface area contributed by atoms with Gasteiger partial charge in [-0.05, 0) is 36.8 Å². The summed E-state index contributed by atoms with van der Waals surface area (Å²) in [6.45, 7) is 2.86. The van der Waals surface area contributed by atoms with E-state index >= 15 is 0 Å². The van der Waals surface area contributed by atoms with E-state index in [1.54, 1.807) is 18.2 Å². The molecule has 2 N–H and O–H groups in total. The van der Waals surface area contributed by atoms with E-state index in [0.29, 0.717) is 12.2 Å². The Bertz CT molecular complexity index is 700. The van der Waals surface area contributed by atoms with E-state index in [1.165, 1.54) is 0 Å². The summed E-state index contributed by atoms with van der Waals surface area (Å²) < 4.78 is 28.4. The summed E-state index contributed by atoms with van der Waals surface area (Å²) >= 11 is 3.35. The smallest absolute Gasteiger partial charge is 0.242 e. The molecule has 0 aromatic heterocycles. The number of halogens is 1. The topological polar surface area (TPSA) is 58.2 Å². The van der Waals surface area contributed by atoms with E-state index in [2.05, 4.69) is 26.0 Å². The second kappa shape index (κ2) is 7.06. The Labute approximate surface area is 133 Å². The fraction of sp³-hybridized carbons (Fsp3) is 0.200. The van der Waals surface area contributed by atoms with Crippen LogP contribution in [0.25, 0.3) is 0 Å². The summed E-state index contributed by atoms with van der Waals surface area (Å²) in [7, 11) is -3.55. The first-order chi connectivity index (χ1) is 10.0. The van der Waals surface area contributed by atoms with E-state index in [-0.39, 0.29) is 11.4 Å². The fourth-order valence-electron chi connectivity index (χ4n) is 1.90. The van der Waals surface area contributed by atoms with E-state index in [9.17, 15) is 8.42 Å². The first kappa shape index (κ1) is 16.0. The van der Waals surface area contributed by atoms with E-state index in [0.717, 1.165) is 10.0 Å². The minimum Gasteiger partial charge on any atom is -0.384 e. The van der Waals surface area contributed by atoms with Crippen LogP contribution in [0.3, 0.4) is 0 Å².